The number of rotatable bonds is 8. The van der Waals surface area contributed by atoms with Gasteiger partial charge < -0.3 is 52.1 Å². The van der Waals surface area contributed by atoms with Crippen molar-refractivity contribution in [2.75, 3.05) is 12.3 Å². The van der Waals surface area contributed by atoms with Gasteiger partial charge >= 0.3 is 7.82 Å². The molecule has 30 heavy (non-hydrogen) atoms. The number of hydrogen-bond acceptors (Lipinski definition) is 16. The zero-order valence-electron chi connectivity index (χ0n) is 14.4. The molecule has 0 aromatic carbocycles. The van der Waals surface area contributed by atoms with E-state index in [1.807, 2.05) is 0 Å². The monoisotopic (exact) mass is 504 g/mol. The molecule has 20 heteroatoms. The lowest BCUT2D eigenvalue weighted by atomic mass is 10.1. The van der Waals surface area contributed by atoms with Crippen LogP contribution in [0, 0.1) is 0 Å². The molecule has 1 aliphatic rings. The Bertz CT molecular complexity index is 1010. The van der Waals surface area contributed by atoms with E-state index in [1.54, 1.807) is 0 Å². The van der Waals surface area contributed by atoms with Gasteiger partial charge in [-0.25, -0.2) is 19.3 Å². The van der Waals surface area contributed by atoms with Crippen LogP contribution in [-0.2, 0) is 39.3 Å². The summed E-state index contributed by atoms with van der Waals surface area (Å²) >= 11 is 4.02. The van der Waals surface area contributed by atoms with E-state index in [9.17, 15) is 34.0 Å². The second kappa shape index (κ2) is 9.00. The van der Waals surface area contributed by atoms with E-state index in [-0.39, 0.29) is 17.0 Å². The Morgan fingerprint density at radius 1 is 1.27 bits per heavy atom. The lowest BCUT2D eigenvalue weighted by Crippen LogP contribution is -2.34. The normalized spacial score (nSPS) is 29.5. The van der Waals surface area contributed by atoms with Gasteiger partial charge in [0.1, 0.15) is 30.2 Å². The van der Waals surface area contributed by atoms with Crippen molar-refractivity contribution in [3.63, 3.8) is 0 Å². The van der Waals surface area contributed by atoms with Crippen molar-refractivity contribution < 1.29 is 51.9 Å². The summed E-state index contributed by atoms with van der Waals surface area (Å²) in [7, 11) is -14.6. The molecule has 7 atom stereocenters. The molecule has 3 unspecified atom stereocenters. The number of nitrogens with two attached hydrogens (primary N) is 1. The summed E-state index contributed by atoms with van der Waals surface area (Å²) in [6, 6.07) is 0. The molecule has 0 bridgehead atoms. The topological polar surface area (TPSA) is 250 Å². The molecule has 1 saturated heterocycles. The number of imidazole rings is 1. The van der Waals surface area contributed by atoms with Crippen LogP contribution in [0.2, 0.25) is 0 Å². The number of ether oxygens (including phenoxy) is 1. The number of hydrogen-bond donors (Lipinski definition) is 3. The highest BCUT2D eigenvalue weighted by molar-refractivity contribution is 8.29. The van der Waals surface area contributed by atoms with Gasteiger partial charge in [0.15, 0.2) is 17.7 Å². The Hall–Kier alpha value is -0.770. The van der Waals surface area contributed by atoms with E-state index in [2.05, 4.69) is 40.3 Å². The minimum Gasteiger partial charge on any atom is -0.756 e. The molecule has 0 amide bonds. The molecule has 2 aromatic rings. The maximum atomic E-state index is 11.7. The standard InChI is InChI=1S/C10H15N5O11P3S/c11-8-5-9(13-2-12-8)15(3-14-5)10-7(17)6(16)4(24-10)1-23-28(19,20)26-29(21,22)25-27(18)30/h2-4,6-7,10,16-17,27H,1H2,(H,19,20)(H,21,22)(H2,11,12,13)/q-1/p-2/t4-,6-,7-,10-/m1/s1. The Morgan fingerprint density at radius 2 is 1.97 bits per heavy atom. The molecular weight excluding hydrogens is 491 g/mol. The average molecular weight is 504 g/mol. The highest BCUT2D eigenvalue weighted by Gasteiger charge is 2.45. The van der Waals surface area contributed by atoms with E-state index in [0.717, 1.165) is 6.33 Å². The minimum absolute atomic E-state index is 0.0574. The Balaban J connectivity index is 1.69. The van der Waals surface area contributed by atoms with Crippen LogP contribution in [0.1, 0.15) is 6.23 Å². The average Bonchev–Trinajstić information content (AvgIpc) is 3.14. The van der Waals surface area contributed by atoms with Crippen molar-refractivity contribution in [3.8, 4) is 0 Å². The van der Waals surface area contributed by atoms with Crippen LogP contribution in [0.3, 0.4) is 0 Å². The number of nitrogen functional groups attached to an aromatic ring is 1. The first-order valence-corrected chi connectivity index (χ1v) is 13.1. The first kappa shape index (κ1) is 23.9. The Labute approximate surface area is 173 Å². The Kier molecular flexibility index (Phi) is 7.16. The lowest BCUT2D eigenvalue weighted by Gasteiger charge is -2.32. The van der Waals surface area contributed by atoms with Crippen molar-refractivity contribution in [1.82, 2.24) is 19.5 Å². The molecule has 1 fully saturated rings. The van der Waals surface area contributed by atoms with Gasteiger partial charge in [0, 0.05) is 0 Å². The van der Waals surface area contributed by atoms with Gasteiger partial charge in [-0.2, -0.15) is 4.31 Å². The molecule has 168 valence electrons. The van der Waals surface area contributed by atoms with Gasteiger partial charge in [0.25, 0.3) is 7.82 Å². The molecular formula is C10H13N5O11P3S-3. The predicted octanol–water partition coefficient (Wildman–Crippen LogP) is -3.12. The number of aliphatic hydroxyl groups is 2. The summed E-state index contributed by atoms with van der Waals surface area (Å²) in [5.41, 5.74) is 6.04. The molecule has 4 N–H and O–H groups in total. The van der Waals surface area contributed by atoms with Crippen LogP contribution < -0.4 is 20.4 Å². The number of aromatic nitrogens is 4. The summed E-state index contributed by atoms with van der Waals surface area (Å²) in [6.07, 6.45) is -3.56. The van der Waals surface area contributed by atoms with Crippen molar-refractivity contribution in [2.24, 2.45) is 0 Å². The third-order valence-corrected chi connectivity index (χ3v) is 8.01. The molecule has 0 spiro atoms. The van der Waals surface area contributed by atoms with Crippen molar-refractivity contribution in [1.29, 1.82) is 0 Å². The minimum atomic E-state index is -5.56. The quantitative estimate of drug-likeness (QED) is 0.237. The Morgan fingerprint density at radius 3 is 2.63 bits per heavy atom. The lowest BCUT2D eigenvalue weighted by molar-refractivity contribution is -0.243. The van der Waals surface area contributed by atoms with E-state index < -0.39 is 54.4 Å². The molecule has 0 aliphatic carbocycles. The number of fused-ring (bicyclic) bond motifs is 1. The SMILES string of the molecule is Nc1ncnc2c1ncn2[C@@H]1O[C@H](COP(=O)([O-])OP(=O)([O-])O[PH+]([O-])[S-])[C@@H](O)[C@H]1O. The van der Waals surface area contributed by atoms with Gasteiger partial charge in [-0.3, -0.25) is 13.7 Å². The second-order valence-corrected chi connectivity index (χ2v) is 10.7. The van der Waals surface area contributed by atoms with Crippen LogP contribution >= 0.6 is 23.2 Å². The number of anilines is 1. The maximum absolute atomic E-state index is 11.7. The third-order valence-electron chi connectivity index (χ3n) is 3.78. The zero-order valence-corrected chi connectivity index (χ0v) is 18.0. The van der Waals surface area contributed by atoms with Crippen LogP contribution in [0.25, 0.3) is 11.2 Å². The van der Waals surface area contributed by atoms with Crippen LogP contribution in [0.4, 0.5) is 5.82 Å². The molecule has 0 radical (unpaired) electrons. The van der Waals surface area contributed by atoms with Crippen LogP contribution in [0.15, 0.2) is 12.7 Å². The number of phosphoric acid groups is 2. The van der Waals surface area contributed by atoms with Crippen molar-refractivity contribution in [2.45, 2.75) is 24.5 Å². The van der Waals surface area contributed by atoms with E-state index in [1.165, 1.54) is 10.9 Å². The molecule has 0 saturated carbocycles. The molecule has 3 rings (SSSR count). The summed E-state index contributed by atoms with van der Waals surface area (Å²) < 4.78 is 41.3. The van der Waals surface area contributed by atoms with Gasteiger partial charge in [-0.1, -0.05) is 0 Å². The number of aliphatic hydroxyl groups excluding tert-OH is 2. The van der Waals surface area contributed by atoms with Crippen molar-refractivity contribution in [3.05, 3.63) is 12.7 Å². The summed E-state index contributed by atoms with van der Waals surface area (Å²) in [4.78, 5) is 45.3. The molecule has 2 aromatic heterocycles. The van der Waals surface area contributed by atoms with E-state index in [0.29, 0.717) is 0 Å². The summed E-state index contributed by atoms with van der Waals surface area (Å²) in [6.45, 7) is -0.942. The number of phosphoric ester groups is 1. The maximum Gasteiger partial charge on any atom is 0.309 e. The highest BCUT2D eigenvalue weighted by Crippen LogP contribution is 2.59. The smallest absolute Gasteiger partial charge is 0.309 e. The van der Waals surface area contributed by atoms with E-state index >= 15 is 0 Å². The van der Waals surface area contributed by atoms with Gasteiger partial charge in [-0.15, -0.1) is 0 Å². The number of nitrogens with zero attached hydrogens (tertiary/aromatic N) is 4. The fourth-order valence-corrected chi connectivity index (χ4v) is 6.05. The van der Waals surface area contributed by atoms with Gasteiger partial charge in [0.2, 0.25) is 0 Å². The van der Waals surface area contributed by atoms with Crippen LogP contribution in [-0.4, -0.2) is 54.7 Å². The fraction of sp³-hybridized carbons (Fsp3) is 0.500. The van der Waals surface area contributed by atoms with Crippen LogP contribution in [0.5, 0.6) is 0 Å². The van der Waals surface area contributed by atoms with Gasteiger partial charge in [0.05, 0.1) is 12.9 Å². The first-order chi connectivity index (χ1) is 13.9. The fourth-order valence-electron chi connectivity index (χ4n) is 2.57. The largest absolute Gasteiger partial charge is 0.756 e. The third kappa shape index (κ3) is 5.34. The van der Waals surface area contributed by atoms with Crippen molar-refractivity contribution >= 4 is 52.5 Å². The zero-order chi connectivity index (χ0) is 22.3. The summed E-state index contributed by atoms with van der Waals surface area (Å²) in [5.74, 6) is 0.0574. The second-order valence-electron chi connectivity index (χ2n) is 5.74. The molecule has 1 aliphatic heterocycles. The predicted molar refractivity (Wildman–Crippen MR) is 94.7 cm³/mol. The first-order valence-electron chi connectivity index (χ1n) is 7.73. The van der Waals surface area contributed by atoms with E-state index in [4.69, 9.17) is 10.5 Å². The highest BCUT2D eigenvalue weighted by atomic mass is 32.7. The molecule has 3 heterocycles. The summed E-state index contributed by atoms with van der Waals surface area (Å²) in [5, 5.41) is 20.4. The molecule has 16 nitrogen and oxygen atoms in total. The van der Waals surface area contributed by atoms with Gasteiger partial charge in [-0.05, 0) is 7.58 Å².